The quantitative estimate of drug-likeness (QED) is 0.424. The van der Waals surface area contributed by atoms with Gasteiger partial charge in [-0.2, -0.15) is 0 Å². The van der Waals surface area contributed by atoms with Crippen LogP contribution in [0, 0.1) is 0 Å². The summed E-state index contributed by atoms with van der Waals surface area (Å²) in [6, 6.07) is 0. The Kier molecular flexibility index (Phi) is 75.4. The van der Waals surface area contributed by atoms with Crippen LogP contribution >= 0.6 is 0 Å². The summed E-state index contributed by atoms with van der Waals surface area (Å²) in [6.45, 7) is 0. The standard InChI is InChI=1S/Ca.Cu.O.Ti.2H. The van der Waals surface area contributed by atoms with Gasteiger partial charge >= 0.3 is 61.5 Å². The van der Waals surface area contributed by atoms with Crippen LogP contribution in [-0.4, -0.2) is 37.7 Å². The van der Waals surface area contributed by atoms with Crippen molar-refractivity contribution in [1.29, 1.82) is 0 Å². The Bertz CT molecular complexity index is 8.00. The summed E-state index contributed by atoms with van der Waals surface area (Å²) >= 11 is 0.750. The first-order valence-corrected chi connectivity index (χ1v) is 0.842. The zero-order valence-electron chi connectivity index (χ0n) is 1.21. The van der Waals surface area contributed by atoms with Gasteiger partial charge in [-0.05, 0) is 0 Å². The van der Waals surface area contributed by atoms with Crippen LogP contribution in [0.1, 0.15) is 0 Å². The first-order chi connectivity index (χ1) is 1.00. The SMILES string of the molecule is [CaH2].[Cu].[O]=[Ti]. The topological polar surface area (TPSA) is 17.1 Å². The van der Waals surface area contributed by atoms with Crippen LogP contribution in [0.4, 0.5) is 0 Å². The van der Waals surface area contributed by atoms with Crippen LogP contribution in [0.15, 0.2) is 0 Å². The van der Waals surface area contributed by atoms with Gasteiger partial charge in [-0.15, -0.1) is 0 Å². The maximum atomic E-state index is 8.25. The van der Waals surface area contributed by atoms with E-state index in [1.165, 1.54) is 0 Å². The fraction of sp³-hybridized carbons (Fsp3) is 0. The molecule has 0 aliphatic rings. The second-order valence-electron chi connectivity index (χ2n) is 0. The van der Waals surface area contributed by atoms with E-state index in [4.69, 9.17) is 3.32 Å². The number of hydrogen-bond donors (Lipinski definition) is 0. The molecule has 4 heavy (non-hydrogen) atoms. The minimum atomic E-state index is 0. The normalized spacial score (nSPS) is 0.750. The maximum absolute atomic E-state index is 8.25. The van der Waals surface area contributed by atoms with Crippen LogP contribution in [0.2, 0.25) is 0 Å². The molecule has 0 aromatic carbocycles. The van der Waals surface area contributed by atoms with Crippen molar-refractivity contribution in [3.63, 3.8) is 0 Å². The van der Waals surface area contributed by atoms with Gasteiger partial charge in [0.05, 0.1) is 0 Å². The van der Waals surface area contributed by atoms with Gasteiger partial charge in [-0.25, -0.2) is 0 Å². The first kappa shape index (κ1) is 16.3. The molecule has 0 spiro atoms. The predicted octanol–water partition coefficient (Wildman–Crippen LogP) is -1.04. The van der Waals surface area contributed by atoms with E-state index < -0.39 is 0 Å². The van der Waals surface area contributed by atoms with Gasteiger partial charge < -0.3 is 0 Å². The van der Waals surface area contributed by atoms with Crippen molar-refractivity contribution in [1.82, 2.24) is 0 Å². The molecule has 0 rings (SSSR count). The van der Waals surface area contributed by atoms with E-state index in [0.29, 0.717) is 0 Å². The molecule has 0 heterocycles. The van der Waals surface area contributed by atoms with Crippen LogP contribution in [0.25, 0.3) is 0 Å². The van der Waals surface area contributed by atoms with E-state index in [2.05, 4.69) is 0 Å². The molecule has 0 N–H and O–H groups in total. The van der Waals surface area contributed by atoms with Crippen molar-refractivity contribution in [3.8, 4) is 0 Å². The molecule has 0 aromatic heterocycles. The molecule has 0 fully saturated rings. The van der Waals surface area contributed by atoms with E-state index in [0.717, 1.165) is 20.4 Å². The van der Waals surface area contributed by atoms with Gasteiger partial charge in [0.25, 0.3) is 0 Å². The molecule has 1 nitrogen and oxygen atoms in total. The zero-order chi connectivity index (χ0) is 2.00. The Hall–Kier alpha value is 2.29. The fourth-order valence-corrected chi connectivity index (χ4v) is 0. The Morgan fingerprint density at radius 1 is 1.25 bits per heavy atom. The molecule has 0 bridgehead atoms. The molecule has 25 valence electrons. The van der Waals surface area contributed by atoms with Crippen molar-refractivity contribution in [2.45, 2.75) is 0 Å². The molecular formula is H2CaCuOTi. The molecule has 0 atom stereocenters. The Labute approximate surface area is 77.1 Å². The summed E-state index contributed by atoms with van der Waals surface area (Å²) in [5, 5.41) is 0. The Morgan fingerprint density at radius 3 is 1.25 bits per heavy atom. The van der Waals surface area contributed by atoms with Crippen LogP contribution in [0.5, 0.6) is 0 Å². The number of hydrogen-bond acceptors (Lipinski definition) is 1. The van der Waals surface area contributed by atoms with E-state index in [1.807, 2.05) is 0 Å². The molecule has 0 saturated carbocycles. The van der Waals surface area contributed by atoms with E-state index in [-0.39, 0.29) is 54.8 Å². The van der Waals surface area contributed by atoms with E-state index >= 15 is 0 Å². The zero-order valence-corrected chi connectivity index (χ0v) is 3.71. The molecule has 0 amide bonds. The second-order valence-corrected chi connectivity index (χ2v) is 0. The molecule has 1 radical (unpaired) electrons. The first-order valence-electron chi connectivity index (χ1n) is 0.204. The van der Waals surface area contributed by atoms with Gasteiger partial charge in [-0.1, -0.05) is 0 Å². The summed E-state index contributed by atoms with van der Waals surface area (Å²) in [4.78, 5) is 0. The number of rotatable bonds is 0. The molecule has 4 heteroatoms. The van der Waals surface area contributed by atoms with Gasteiger partial charge in [0.2, 0.25) is 0 Å². The minimum absolute atomic E-state index is 0. The van der Waals surface area contributed by atoms with Crippen molar-refractivity contribution in [3.05, 3.63) is 0 Å². The predicted molar refractivity (Wildman–Crippen MR) is 9.23 cm³/mol. The van der Waals surface area contributed by atoms with Crippen molar-refractivity contribution < 1.29 is 40.8 Å². The van der Waals surface area contributed by atoms with E-state index in [9.17, 15) is 0 Å². The van der Waals surface area contributed by atoms with Crippen LogP contribution < -0.4 is 0 Å². The van der Waals surface area contributed by atoms with Crippen LogP contribution in [0.3, 0.4) is 0 Å². The molecule has 0 saturated heterocycles. The summed E-state index contributed by atoms with van der Waals surface area (Å²) in [5.74, 6) is 0. The van der Waals surface area contributed by atoms with Gasteiger partial charge in [0.1, 0.15) is 0 Å². The molecule has 0 aromatic rings. The average molecular weight is 170 g/mol. The van der Waals surface area contributed by atoms with Gasteiger partial charge in [-0.3, -0.25) is 0 Å². The van der Waals surface area contributed by atoms with Crippen molar-refractivity contribution >= 4 is 37.7 Å². The molecule has 0 unspecified atom stereocenters. The second kappa shape index (κ2) is 18.6. The average Bonchev–Trinajstić information content (AvgIpc) is 1.00. The van der Waals surface area contributed by atoms with Crippen LogP contribution in [-0.2, 0) is 40.8 Å². The third-order valence-electron chi connectivity index (χ3n) is 0. The molecule has 0 aliphatic carbocycles. The van der Waals surface area contributed by atoms with Gasteiger partial charge in [0.15, 0.2) is 0 Å². The molecular weight excluding hydrogens is 167 g/mol. The molecule has 0 aliphatic heterocycles. The third kappa shape index (κ3) is 8.85. The van der Waals surface area contributed by atoms with Gasteiger partial charge in [0, 0.05) is 17.1 Å². The summed E-state index contributed by atoms with van der Waals surface area (Å²) in [7, 11) is 0. The summed E-state index contributed by atoms with van der Waals surface area (Å²) in [5.41, 5.74) is 0. The van der Waals surface area contributed by atoms with Crippen molar-refractivity contribution in [2.75, 3.05) is 0 Å². The third-order valence-corrected chi connectivity index (χ3v) is 0. The Balaban J connectivity index is -0.00000000500. The summed E-state index contributed by atoms with van der Waals surface area (Å²) in [6.07, 6.45) is 0. The van der Waals surface area contributed by atoms with E-state index in [1.54, 1.807) is 0 Å². The monoisotopic (exact) mass is 169 g/mol. The van der Waals surface area contributed by atoms with Crippen molar-refractivity contribution in [2.24, 2.45) is 0 Å². The fourth-order valence-electron chi connectivity index (χ4n) is 0. The summed E-state index contributed by atoms with van der Waals surface area (Å²) < 4.78 is 8.25. The Morgan fingerprint density at radius 2 is 1.25 bits per heavy atom.